The van der Waals surface area contributed by atoms with Crippen LogP contribution in [0.1, 0.15) is 6.92 Å². The van der Waals surface area contributed by atoms with Crippen molar-refractivity contribution in [3.05, 3.63) is 60.7 Å². The molecule has 0 aliphatic carbocycles. The predicted octanol–water partition coefficient (Wildman–Crippen LogP) is -0.125. The number of rotatable bonds is 3. The molecule has 0 atom stereocenters. The van der Waals surface area contributed by atoms with E-state index in [-0.39, 0.29) is 24.0 Å². The standard InChI is InChI=1S/C14H15P.HI/c1-2-15(13-9-5-3-6-10-13)14-11-7-4-8-12-14;/h3-12H,2H2,1H3;1H. The maximum atomic E-state index is 2.29. The van der Waals surface area contributed by atoms with Crippen LogP contribution < -0.4 is 34.6 Å². The number of hydrogen-bond acceptors (Lipinski definition) is 0. The molecule has 0 N–H and O–H groups in total. The topological polar surface area (TPSA) is 0 Å². The van der Waals surface area contributed by atoms with Crippen molar-refractivity contribution < 1.29 is 24.0 Å². The molecule has 2 rings (SSSR count). The first kappa shape index (κ1) is 13.7. The molecule has 0 heterocycles. The fourth-order valence-electron chi connectivity index (χ4n) is 1.85. The summed E-state index contributed by atoms with van der Waals surface area (Å²) in [6.07, 6.45) is 1.25. The van der Waals surface area contributed by atoms with Gasteiger partial charge in [-0.05, 0) is 31.2 Å². The van der Waals surface area contributed by atoms with Gasteiger partial charge in [-0.1, -0.05) is 36.4 Å². The van der Waals surface area contributed by atoms with Gasteiger partial charge in [0.1, 0.15) is 0 Å². The molecule has 0 spiro atoms. The molecule has 0 aliphatic rings. The summed E-state index contributed by atoms with van der Waals surface area (Å²) in [5.41, 5.74) is 0. The van der Waals surface area contributed by atoms with E-state index in [2.05, 4.69) is 67.6 Å². The van der Waals surface area contributed by atoms with Gasteiger partial charge in [0.15, 0.2) is 0 Å². The molecule has 2 aromatic rings. The smallest absolute Gasteiger partial charge is 0.0966 e. The van der Waals surface area contributed by atoms with Crippen LogP contribution in [0.3, 0.4) is 0 Å². The molecule has 84 valence electrons. The van der Waals surface area contributed by atoms with Gasteiger partial charge in [0.25, 0.3) is 0 Å². The van der Waals surface area contributed by atoms with Crippen molar-refractivity contribution in [3.8, 4) is 0 Å². The summed E-state index contributed by atoms with van der Waals surface area (Å²) in [4.78, 5) is 0. The minimum Gasteiger partial charge on any atom is -1.00 e. The maximum absolute atomic E-state index is 2.29. The highest BCUT2D eigenvalue weighted by Gasteiger charge is 2.18. The Morgan fingerprint density at radius 2 is 1.12 bits per heavy atom. The van der Waals surface area contributed by atoms with Gasteiger partial charge in [0.05, 0.1) is 24.7 Å². The zero-order chi connectivity index (χ0) is 10.5. The highest BCUT2D eigenvalue weighted by Crippen LogP contribution is 2.32. The fraction of sp³-hybridized carbons (Fsp3) is 0.143. The second-order valence-electron chi connectivity index (χ2n) is 3.56. The molecule has 0 radical (unpaired) electrons. The lowest BCUT2D eigenvalue weighted by molar-refractivity contribution is -0.00000294. The largest absolute Gasteiger partial charge is 1.00 e. The van der Waals surface area contributed by atoms with E-state index in [4.69, 9.17) is 0 Å². The number of hydrogen-bond donors (Lipinski definition) is 0. The lowest BCUT2D eigenvalue weighted by Crippen LogP contribution is -3.00. The zero-order valence-electron chi connectivity index (χ0n) is 9.36. The molecular formula is C14H16IP. The van der Waals surface area contributed by atoms with E-state index >= 15 is 0 Å². The molecule has 0 saturated heterocycles. The van der Waals surface area contributed by atoms with Crippen molar-refractivity contribution in [3.63, 3.8) is 0 Å². The van der Waals surface area contributed by atoms with Gasteiger partial charge in [0.2, 0.25) is 0 Å². The molecular weight excluding hydrogens is 326 g/mol. The van der Waals surface area contributed by atoms with E-state index in [0.29, 0.717) is 0 Å². The maximum Gasteiger partial charge on any atom is 0.0966 e. The van der Waals surface area contributed by atoms with Crippen LogP contribution in [-0.2, 0) is 0 Å². The molecule has 0 fully saturated rings. The molecule has 0 saturated carbocycles. The second-order valence-corrected chi connectivity index (χ2v) is 6.38. The monoisotopic (exact) mass is 342 g/mol. The van der Waals surface area contributed by atoms with Crippen molar-refractivity contribution in [2.45, 2.75) is 6.92 Å². The van der Waals surface area contributed by atoms with E-state index in [1.807, 2.05) is 0 Å². The summed E-state index contributed by atoms with van der Waals surface area (Å²) in [5.74, 6) is 0. The van der Waals surface area contributed by atoms with Crippen LogP contribution in [0, 0.1) is 0 Å². The Morgan fingerprint density at radius 3 is 1.44 bits per heavy atom. The van der Waals surface area contributed by atoms with Crippen LogP contribution in [-0.4, -0.2) is 6.16 Å². The Morgan fingerprint density at radius 1 is 0.750 bits per heavy atom. The SMILES string of the molecule is CC[PH+](c1ccccc1)c1ccccc1.[I-]. The molecule has 0 aromatic heterocycles. The lowest BCUT2D eigenvalue weighted by atomic mass is 10.4. The highest BCUT2D eigenvalue weighted by molar-refractivity contribution is 7.72. The summed E-state index contributed by atoms with van der Waals surface area (Å²) in [7, 11) is -0.539. The van der Waals surface area contributed by atoms with Gasteiger partial charge in [-0.25, -0.2) is 0 Å². The average Bonchev–Trinajstić information content (AvgIpc) is 2.33. The van der Waals surface area contributed by atoms with Gasteiger partial charge in [-0.2, -0.15) is 0 Å². The molecule has 0 bridgehead atoms. The second kappa shape index (κ2) is 7.03. The number of halogens is 1. The van der Waals surface area contributed by atoms with Crippen LogP contribution in [0.15, 0.2) is 60.7 Å². The lowest BCUT2D eigenvalue weighted by Gasteiger charge is -2.07. The Hall–Kier alpha value is -0.400. The zero-order valence-corrected chi connectivity index (χ0v) is 12.5. The van der Waals surface area contributed by atoms with Crippen LogP contribution in [0.5, 0.6) is 0 Å². The Kier molecular flexibility index (Phi) is 6.00. The van der Waals surface area contributed by atoms with Gasteiger partial charge >= 0.3 is 0 Å². The van der Waals surface area contributed by atoms with Crippen molar-refractivity contribution in [2.24, 2.45) is 0 Å². The number of benzene rings is 2. The third-order valence-corrected chi connectivity index (χ3v) is 5.37. The van der Waals surface area contributed by atoms with Crippen LogP contribution in [0.4, 0.5) is 0 Å². The average molecular weight is 342 g/mol. The van der Waals surface area contributed by atoms with Crippen LogP contribution >= 0.6 is 7.92 Å². The summed E-state index contributed by atoms with van der Waals surface area (Å²) in [6, 6.07) is 21.7. The third kappa shape index (κ3) is 3.29. The van der Waals surface area contributed by atoms with Gasteiger partial charge in [0, 0.05) is 0 Å². The first-order valence-corrected chi connectivity index (χ1v) is 7.09. The summed E-state index contributed by atoms with van der Waals surface area (Å²) < 4.78 is 0. The van der Waals surface area contributed by atoms with E-state index in [0.717, 1.165) is 0 Å². The van der Waals surface area contributed by atoms with Crippen LogP contribution in [0.25, 0.3) is 0 Å². The van der Waals surface area contributed by atoms with E-state index in [1.165, 1.54) is 16.8 Å². The van der Waals surface area contributed by atoms with Crippen LogP contribution in [0.2, 0.25) is 0 Å². The van der Waals surface area contributed by atoms with Gasteiger partial charge < -0.3 is 24.0 Å². The molecule has 2 heteroatoms. The van der Waals surface area contributed by atoms with E-state index in [9.17, 15) is 0 Å². The summed E-state index contributed by atoms with van der Waals surface area (Å²) in [6.45, 7) is 2.29. The molecule has 0 aliphatic heterocycles. The Labute approximate surface area is 116 Å². The summed E-state index contributed by atoms with van der Waals surface area (Å²) >= 11 is 0. The minimum atomic E-state index is -0.539. The molecule has 16 heavy (non-hydrogen) atoms. The molecule has 0 amide bonds. The minimum absolute atomic E-state index is 0. The quantitative estimate of drug-likeness (QED) is 0.539. The van der Waals surface area contributed by atoms with Crippen molar-refractivity contribution in [1.29, 1.82) is 0 Å². The summed E-state index contributed by atoms with van der Waals surface area (Å²) in [5, 5.41) is 3.02. The predicted molar refractivity (Wildman–Crippen MR) is 71.0 cm³/mol. The first-order chi connectivity index (χ1) is 7.42. The third-order valence-electron chi connectivity index (χ3n) is 2.60. The van der Waals surface area contributed by atoms with E-state index < -0.39 is 7.92 Å². The van der Waals surface area contributed by atoms with Gasteiger partial charge in [-0.3, -0.25) is 0 Å². The van der Waals surface area contributed by atoms with Crippen molar-refractivity contribution in [2.75, 3.05) is 6.16 Å². The van der Waals surface area contributed by atoms with E-state index in [1.54, 1.807) is 0 Å². The first-order valence-electron chi connectivity index (χ1n) is 5.38. The molecule has 0 nitrogen and oxygen atoms in total. The fourth-order valence-corrected chi connectivity index (χ4v) is 4.19. The van der Waals surface area contributed by atoms with Gasteiger partial charge in [-0.15, -0.1) is 0 Å². The Balaban J connectivity index is 0.00000128. The molecule has 0 unspecified atom stereocenters. The Bertz CT molecular complexity index is 360. The molecule has 2 aromatic carbocycles. The van der Waals surface area contributed by atoms with Crippen molar-refractivity contribution in [1.82, 2.24) is 0 Å². The van der Waals surface area contributed by atoms with Crippen molar-refractivity contribution >= 4 is 18.5 Å². The normalized spacial score (nSPS) is 9.88. The highest BCUT2D eigenvalue weighted by atomic mass is 127.